The van der Waals surface area contributed by atoms with Crippen LogP contribution >= 0.6 is 0 Å². The van der Waals surface area contributed by atoms with Crippen LogP contribution < -0.4 is 25.0 Å². The van der Waals surface area contributed by atoms with Crippen molar-refractivity contribution in [2.75, 3.05) is 0 Å². The molecule has 0 fully saturated rings. The second-order valence-corrected chi connectivity index (χ2v) is 5.05. The van der Waals surface area contributed by atoms with E-state index in [-0.39, 0.29) is 12.0 Å². The molecule has 0 bridgehead atoms. The van der Waals surface area contributed by atoms with Crippen molar-refractivity contribution in [2.45, 2.75) is 31.0 Å². The number of alkyl halides is 4. The summed E-state index contributed by atoms with van der Waals surface area (Å²) in [6, 6.07) is -0.0376. The van der Waals surface area contributed by atoms with Crippen LogP contribution in [0.25, 0.3) is 0 Å². The van der Waals surface area contributed by atoms with Gasteiger partial charge >= 0.3 is 75.1 Å². The van der Waals surface area contributed by atoms with Crippen LogP contribution in [0.2, 0.25) is 0 Å². The third-order valence-corrected chi connectivity index (χ3v) is 3.24. The third-order valence-electron chi connectivity index (χ3n) is 1.33. The van der Waals surface area contributed by atoms with E-state index in [1.165, 1.54) is 0 Å². The van der Waals surface area contributed by atoms with Gasteiger partial charge in [0.25, 0.3) is 0 Å². The van der Waals surface area contributed by atoms with Gasteiger partial charge in [-0.25, -0.2) is 0 Å². The second kappa shape index (κ2) is 4.49. The van der Waals surface area contributed by atoms with E-state index in [2.05, 4.69) is 3.53 Å². The number of hydrogen-bond donors (Lipinski definition) is 1. The molecule has 0 aromatic carbocycles. The summed E-state index contributed by atoms with van der Waals surface area (Å²) in [4.78, 5) is 0. The Hall–Kier alpha value is 0.480. The number of hydrogen-bond acceptors (Lipinski definition) is 1. The van der Waals surface area contributed by atoms with Gasteiger partial charge in [-0.15, -0.1) is 0 Å². The summed E-state index contributed by atoms with van der Waals surface area (Å²) >= 11 is -1.84. The number of nitrogens with one attached hydrogen (secondary N) is 1. The summed E-state index contributed by atoms with van der Waals surface area (Å²) in [6.45, 7) is 5.58. The fourth-order valence-corrected chi connectivity index (χ4v) is 1.84. The van der Waals surface area contributed by atoms with Gasteiger partial charge in [0.1, 0.15) is 0 Å². The van der Waals surface area contributed by atoms with Gasteiger partial charge in [0, 0.05) is 0 Å². The maximum atomic E-state index is 11.7. The minimum atomic E-state index is -3.98. The standard InChI is InChI=1S/C6H12F3IN/c1-4(2)5(3)11-10-6(7,8)9/h4-5,11H,1-3H3/q-1. The molecule has 0 spiro atoms. The third kappa shape index (κ3) is 6.86. The predicted octanol–water partition coefficient (Wildman–Crippen LogP) is -0.856. The molecule has 0 rings (SSSR count). The van der Waals surface area contributed by atoms with E-state index in [0.29, 0.717) is 0 Å². The van der Waals surface area contributed by atoms with E-state index < -0.39 is 25.7 Å². The first-order valence-corrected chi connectivity index (χ1v) is 5.46. The van der Waals surface area contributed by atoms with E-state index in [9.17, 15) is 13.2 Å². The van der Waals surface area contributed by atoms with Gasteiger partial charge in [-0.05, 0) is 0 Å². The summed E-state index contributed by atoms with van der Waals surface area (Å²) in [7, 11) is 0. The van der Waals surface area contributed by atoms with Gasteiger partial charge < -0.3 is 0 Å². The fourth-order valence-electron chi connectivity index (χ4n) is 0.274. The van der Waals surface area contributed by atoms with E-state index in [1.54, 1.807) is 6.92 Å². The molecule has 0 saturated heterocycles. The first-order chi connectivity index (χ1) is 4.83. The molecule has 0 aromatic rings. The predicted molar refractivity (Wildman–Crippen MR) is 33.5 cm³/mol. The van der Waals surface area contributed by atoms with Gasteiger partial charge in [0.05, 0.1) is 0 Å². The van der Waals surface area contributed by atoms with Crippen molar-refractivity contribution in [3.8, 4) is 0 Å². The summed E-state index contributed by atoms with van der Waals surface area (Å²) in [6.07, 6.45) is 0. The molecule has 1 nitrogen and oxygen atoms in total. The molecular formula is C6H12F3IN-. The molecule has 11 heavy (non-hydrogen) atoms. The quantitative estimate of drug-likeness (QED) is 0.404. The monoisotopic (exact) mass is 282 g/mol. The van der Waals surface area contributed by atoms with Crippen LogP contribution in [0, 0.1) is 5.92 Å². The van der Waals surface area contributed by atoms with Gasteiger partial charge in [-0.3, -0.25) is 0 Å². The van der Waals surface area contributed by atoms with E-state index >= 15 is 0 Å². The molecule has 1 N–H and O–H groups in total. The second-order valence-electron chi connectivity index (χ2n) is 2.66. The Kier molecular flexibility index (Phi) is 4.69. The van der Waals surface area contributed by atoms with Crippen LogP contribution in [0.3, 0.4) is 0 Å². The normalized spacial score (nSPS) is 15.9. The van der Waals surface area contributed by atoms with Crippen molar-refractivity contribution < 1.29 is 34.7 Å². The Labute approximate surface area is 75.4 Å². The summed E-state index contributed by atoms with van der Waals surface area (Å²) < 4.78 is 33.5. The molecule has 0 amide bonds. The zero-order valence-corrected chi connectivity index (χ0v) is 8.82. The average molecular weight is 282 g/mol. The molecule has 70 valence electrons. The molecular weight excluding hydrogens is 270 g/mol. The number of halogens is 4. The van der Waals surface area contributed by atoms with Crippen LogP contribution in [0.1, 0.15) is 20.8 Å². The van der Waals surface area contributed by atoms with Crippen molar-refractivity contribution >= 4 is 0 Å². The molecule has 0 aliphatic heterocycles. The Morgan fingerprint density at radius 2 is 1.64 bits per heavy atom. The van der Waals surface area contributed by atoms with E-state index in [1.807, 2.05) is 13.8 Å². The first-order valence-electron chi connectivity index (χ1n) is 3.30. The molecule has 0 aliphatic rings. The summed E-state index contributed by atoms with van der Waals surface area (Å²) in [5.74, 6) is 0.261. The van der Waals surface area contributed by atoms with Crippen LogP contribution in [0.4, 0.5) is 13.2 Å². The van der Waals surface area contributed by atoms with Crippen LogP contribution in [0.5, 0.6) is 0 Å². The molecule has 0 saturated carbocycles. The summed E-state index contributed by atoms with van der Waals surface area (Å²) in [5.41, 5.74) is 0. The summed E-state index contributed by atoms with van der Waals surface area (Å²) in [5, 5.41) is 0. The first kappa shape index (κ1) is 11.5. The average Bonchev–Trinajstić information content (AvgIpc) is 1.80. The molecule has 0 aliphatic carbocycles. The zero-order valence-electron chi connectivity index (χ0n) is 6.67. The van der Waals surface area contributed by atoms with Gasteiger partial charge in [-0.2, -0.15) is 0 Å². The minimum absolute atomic E-state index is 0.0376. The maximum absolute atomic E-state index is 11.7. The Bertz CT molecular complexity index is 113. The molecule has 0 heterocycles. The van der Waals surface area contributed by atoms with Crippen LogP contribution in [0.15, 0.2) is 0 Å². The van der Waals surface area contributed by atoms with Crippen LogP contribution in [-0.2, 0) is 0 Å². The van der Waals surface area contributed by atoms with Crippen molar-refractivity contribution in [3.63, 3.8) is 0 Å². The Balaban J connectivity index is 3.54. The topological polar surface area (TPSA) is 12.0 Å². The molecule has 0 radical (unpaired) electrons. The molecule has 5 heteroatoms. The van der Waals surface area contributed by atoms with Gasteiger partial charge in [-0.1, -0.05) is 0 Å². The van der Waals surface area contributed by atoms with Crippen LogP contribution in [-0.4, -0.2) is 10.2 Å². The van der Waals surface area contributed by atoms with Crippen molar-refractivity contribution in [3.05, 3.63) is 0 Å². The van der Waals surface area contributed by atoms with E-state index in [0.717, 1.165) is 0 Å². The van der Waals surface area contributed by atoms with Crippen molar-refractivity contribution in [1.82, 2.24) is 3.53 Å². The molecule has 1 atom stereocenters. The van der Waals surface area contributed by atoms with Gasteiger partial charge in [0.15, 0.2) is 0 Å². The Morgan fingerprint density at radius 1 is 1.18 bits per heavy atom. The van der Waals surface area contributed by atoms with Gasteiger partial charge in [0.2, 0.25) is 0 Å². The SMILES string of the molecule is CC(C)C(C)N[I-]C(F)(F)F. The van der Waals surface area contributed by atoms with E-state index in [4.69, 9.17) is 0 Å². The Morgan fingerprint density at radius 3 is 1.91 bits per heavy atom. The molecule has 0 aromatic heterocycles. The number of rotatable bonds is 3. The van der Waals surface area contributed by atoms with Crippen molar-refractivity contribution in [2.24, 2.45) is 5.92 Å². The fraction of sp³-hybridized carbons (Fsp3) is 1.00. The zero-order chi connectivity index (χ0) is 9.07. The van der Waals surface area contributed by atoms with Crippen molar-refractivity contribution in [1.29, 1.82) is 0 Å². The molecule has 1 unspecified atom stereocenters.